The van der Waals surface area contributed by atoms with Gasteiger partial charge in [0, 0.05) is 0 Å². The summed E-state index contributed by atoms with van der Waals surface area (Å²) in [6, 6.07) is 0. The van der Waals surface area contributed by atoms with Crippen molar-refractivity contribution in [1.82, 2.24) is 0 Å². The molecule has 0 amide bonds. The monoisotopic (exact) mass is 162 g/mol. The Morgan fingerprint density at radius 3 is 3.08 bits per heavy atom. The first-order valence-corrected chi connectivity index (χ1v) is 4.17. The van der Waals surface area contributed by atoms with Gasteiger partial charge in [-0.15, -0.1) is 0 Å². The quantitative estimate of drug-likeness (QED) is 0.580. The Hall–Kier alpha value is -1.24. The molecule has 1 nitrogen and oxygen atoms in total. The summed E-state index contributed by atoms with van der Waals surface area (Å²) in [5, 5.41) is 0. The molecule has 0 spiro atoms. The Bertz CT molecular complexity index is 244. The molecule has 0 aliphatic carbocycles. The van der Waals surface area contributed by atoms with Gasteiger partial charge in [-0.1, -0.05) is 31.7 Å². The highest BCUT2D eigenvalue weighted by atomic mass is 16.5. The Morgan fingerprint density at radius 1 is 1.75 bits per heavy atom. The van der Waals surface area contributed by atoms with Gasteiger partial charge in [-0.05, 0) is 23.6 Å². The SMILES string of the molecule is C=C/C=C(\C=C1\C=COC1)CC. The average molecular weight is 162 g/mol. The molecule has 1 heteroatoms. The van der Waals surface area contributed by atoms with Crippen molar-refractivity contribution in [3.63, 3.8) is 0 Å². The van der Waals surface area contributed by atoms with Crippen LogP contribution in [0.5, 0.6) is 0 Å². The molecular formula is C11H14O. The molecule has 0 saturated carbocycles. The molecule has 0 N–H and O–H groups in total. The fourth-order valence-corrected chi connectivity index (χ4v) is 1.08. The van der Waals surface area contributed by atoms with Gasteiger partial charge in [-0.2, -0.15) is 0 Å². The maximum atomic E-state index is 5.08. The smallest absolute Gasteiger partial charge is 0.113 e. The first-order valence-electron chi connectivity index (χ1n) is 4.17. The maximum absolute atomic E-state index is 5.08. The Kier molecular flexibility index (Phi) is 3.39. The molecule has 0 atom stereocenters. The van der Waals surface area contributed by atoms with E-state index in [-0.39, 0.29) is 0 Å². The van der Waals surface area contributed by atoms with Crippen LogP contribution in [0.3, 0.4) is 0 Å². The minimum atomic E-state index is 0.703. The predicted molar refractivity (Wildman–Crippen MR) is 51.7 cm³/mol. The van der Waals surface area contributed by atoms with E-state index in [9.17, 15) is 0 Å². The highest BCUT2D eigenvalue weighted by Gasteiger charge is 1.99. The summed E-state index contributed by atoms with van der Waals surface area (Å²) in [7, 11) is 0. The van der Waals surface area contributed by atoms with E-state index in [1.165, 1.54) is 11.1 Å². The van der Waals surface area contributed by atoms with Crippen LogP contribution in [0, 0.1) is 0 Å². The first kappa shape index (κ1) is 8.85. The number of hydrogen-bond acceptors (Lipinski definition) is 1. The van der Waals surface area contributed by atoms with E-state index in [1.54, 1.807) is 6.26 Å². The number of rotatable bonds is 3. The van der Waals surface area contributed by atoms with Crippen LogP contribution in [0.4, 0.5) is 0 Å². The number of ether oxygens (including phenoxy) is 1. The third kappa shape index (κ3) is 2.42. The molecule has 0 saturated heterocycles. The molecule has 0 unspecified atom stereocenters. The van der Waals surface area contributed by atoms with E-state index in [4.69, 9.17) is 4.74 Å². The second kappa shape index (κ2) is 4.60. The van der Waals surface area contributed by atoms with Crippen molar-refractivity contribution in [3.05, 3.63) is 48.3 Å². The molecule has 0 aromatic carbocycles. The van der Waals surface area contributed by atoms with Gasteiger partial charge in [0.05, 0.1) is 6.26 Å². The zero-order valence-electron chi connectivity index (χ0n) is 7.42. The zero-order valence-corrected chi connectivity index (χ0v) is 7.42. The van der Waals surface area contributed by atoms with Gasteiger partial charge in [0.2, 0.25) is 0 Å². The van der Waals surface area contributed by atoms with E-state index in [0.29, 0.717) is 6.61 Å². The van der Waals surface area contributed by atoms with Gasteiger partial charge in [-0.25, -0.2) is 0 Å². The molecular weight excluding hydrogens is 148 g/mol. The lowest BCUT2D eigenvalue weighted by Crippen LogP contribution is -1.84. The summed E-state index contributed by atoms with van der Waals surface area (Å²) in [6.07, 6.45) is 10.7. The van der Waals surface area contributed by atoms with E-state index in [0.717, 1.165) is 6.42 Å². The van der Waals surface area contributed by atoms with Crippen LogP contribution < -0.4 is 0 Å². The largest absolute Gasteiger partial charge is 0.497 e. The van der Waals surface area contributed by atoms with Crippen molar-refractivity contribution < 1.29 is 4.74 Å². The topological polar surface area (TPSA) is 9.23 Å². The molecule has 64 valence electrons. The molecule has 0 aromatic rings. The molecule has 1 aliphatic rings. The minimum absolute atomic E-state index is 0.703. The maximum Gasteiger partial charge on any atom is 0.113 e. The number of allylic oxidation sites excluding steroid dienone is 4. The average Bonchev–Trinajstić information content (AvgIpc) is 2.56. The van der Waals surface area contributed by atoms with Gasteiger partial charge < -0.3 is 4.74 Å². The van der Waals surface area contributed by atoms with Crippen LogP contribution in [-0.4, -0.2) is 6.61 Å². The summed E-state index contributed by atoms with van der Waals surface area (Å²) >= 11 is 0. The van der Waals surface area contributed by atoms with Gasteiger partial charge in [-0.3, -0.25) is 0 Å². The van der Waals surface area contributed by atoms with E-state index >= 15 is 0 Å². The minimum Gasteiger partial charge on any atom is -0.497 e. The zero-order chi connectivity index (χ0) is 8.81. The van der Waals surface area contributed by atoms with Gasteiger partial charge in [0.1, 0.15) is 6.61 Å². The van der Waals surface area contributed by atoms with E-state index < -0.39 is 0 Å². The second-order valence-corrected chi connectivity index (χ2v) is 2.66. The number of hydrogen-bond donors (Lipinski definition) is 0. The lowest BCUT2D eigenvalue weighted by atomic mass is 10.1. The van der Waals surface area contributed by atoms with E-state index in [2.05, 4.69) is 19.6 Å². The lowest BCUT2D eigenvalue weighted by Gasteiger charge is -1.97. The molecule has 1 rings (SSSR count). The molecule has 1 aliphatic heterocycles. The van der Waals surface area contributed by atoms with Crippen LogP contribution in [-0.2, 0) is 4.74 Å². The van der Waals surface area contributed by atoms with Crippen molar-refractivity contribution in [3.8, 4) is 0 Å². The Balaban J connectivity index is 2.68. The Labute approximate surface area is 73.7 Å². The van der Waals surface area contributed by atoms with Crippen molar-refractivity contribution in [2.24, 2.45) is 0 Å². The van der Waals surface area contributed by atoms with E-state index in [1.807, 2.05) is 18.2 Å². The third-order valence-electron chi connectivity index (χ3n) is 1.74. The molecule has 0 radical (unpaired) electrons. The summed E-state index contributed by atoms with van der Waals surface area (Å²) in [5.74, 6) is 0. The fourth-order valence-electron chi connectivity index (χ4n) is 1.08. The molecule has 0 fully saturated rings. The van der Waals surface area contributed by atoms with Crippen molar-refractivity contribution in [2.45, 2.75) is 13.3 Å². The van der Waals surface area contributed by atoms with Crippen LogP contribution in [0.25, 0.3) is 0 Å². The highest BCUT2D eigenvalue weighted by Crippen LogP contribution is 2.12. The lowest BCUT2D eigenvalue weighted by molar-refractivity contribution is 0.301. The summed E-state index contributed by atoms with van der Waals surface area (Å²) in [6.45, 7) is 6.50. The molecule has 0 bridgehead atoms. The summed E-state index contributed by atoms with van der Waals surface area (Å²) < 4.78 is 5.08. The van der Waals surface area contributed by atoms with Crippen molar-refractivity contribution in [2.75, 3.05) is 6.61 Å². The van der Waals surface area contributed by atoms with Gasteiger partial charge in [0.15, 0.2) is 0 Å². The predicted octanol–water partition coefficient (Wildman–Crippen LogP) is 2.98. The molecule has 1 heterocycles. The Morgan fingerprint density at radius 2 is 2.58 bits per heavy atom. The van der Waals surface area contributed by atoms with Gasteiger partial charge >= 0.3 is 0 Å². The van der Waals surface area contributed by atoms with Crippen LogP contribution in [0.1, 0.15) is 13.3 Å². The second-order valence-electron chi connectivity index (χ2n) is 2.66. The fraction of sp³-hybridized carbons (Fsp3) is 0.273. The summed E-state index contributed by atoms with van der Waals surface area (Å²) in [4.78, 5) is 0. The normalized spacial score (nSPS) is 19.8. The van der Waals surface area contributed by atoms with Crippen molar-refractivity contribution >= 4 is 0 Å². The standard InChI is InChI=1S/C11H14O/c1-3-5-10(4-2)8-11-6-7-12-9-11/h3,5-8H,1,4,9H2,2H3/b10-5-,11-8-. The van der Waals surface area contributed by atoms with Crippen LogP contribution >= 0.6 is 0 Å². The molecule has 0 aromatic heterocycles. The molecule has 12 heavy (non-hydrogen) atoms. The third-order valence-corrected chi connectivity index (χ3v) is 1.74. The van der Waals surface area contributed by atoms with Crippen LogP contribution in [0.2, 0.25) is 0 Å². The first-order chi connectivity index (χ1) is 5.86. The summed E-state index contributed by atoms with van der Waals surface area (Å²) in [5.41, 5.74) is 2.51. The highest BCUT2D eigenvalue weighted by molar-refractivity contribution is 5.33. The van der Waals surface area contributed by atoms with Crippen LogP contribution in [0.15, 0.2) is 48.3 Å². The van der Waals surface area contributed by atoms with Crippen molar-refractivity contribution in [1.29, 1.82) is 0 Å². The van der Waals surface area contributed by atoms with Gasteiger partial charge in [0.25, 0.3) is 0 Å².